The zero-order chi connectivity index (χ0) is 13.4. The topological polar surface area (TPSA) is 15.3 Å². The molecular weight excluding hydrogens is 246 g/mol. The van der Waals surface area contributed by atoms with E-state index in [0.717, 1.165) is 19.5 Å². The van der Waals surface area contributed by atoms with Gasteiger partial charge in [0, 0.05) is 25.2 Å². The summed E-state index contributed by atoms with van der Waals surface area (Å²) in [6, 6.07) is 5.46. The van der Waals surface area contributed by atoms with Gasteiger partial charge in [-0.2, -0.15) is 0 Å². The first-order chi connectivity index (χ1) is 9.13. The molecule has 1 N–H and O–H groups in total. The van der Waals surface area contributed by atoms with Gasteiger partial charge in [0.15, 0.2) is 11.6 Å². The maximum absolute atomic E-state index is 13.9. The Balaban J connectivity index is 1.76. The Bertz CT molecular complexity index is 457. The molecule has 0 aromatic heterocycles. The van der Waals surface area contributed by atoms with E-state index in [9.17, 15) is 8.78 Å². The molecule has 1 heterocycles. The quantitative estimate of drug-likeness (QED) is 0.905. The molecule has 0 spiro atoms. The Hall–Kier alpha value is -1.16. The lowest BCUT2D eigenvalue weighted by atomic mass is 9.95. The number of benzene rings is 1. The molecule has 1 saturated heterocycles. The van der Waals surface area contributed by atoms with E-state index >= 15 is 0 Å². The minimum Gasteiger partial charge on any atom is -0.367 e. The summed E-state index contributed by atoms with van der Waals surface area (Å²) in [4.78, 5) is 1.98. The van der Waals surface area contributed by atoms with Crippen LogP contribution in [0.25, 0.3) is 0 Å². The Labute approximate surface area is 112 Å². The van der Waals surface area contributed by atoms with Gasteiger partial charge in [-0.15, -0.1) is 0 Å². The monoisotopic (exact) mass is 266 g/mol. The van der Waals surface area contributed by atoms with E-state index < -0.39 is 11.6 Å². The zero-order valence-corrected chi connectivity index (χ0v) is 11.2. The first kappa shape index (κ1) is 12.9. The Morgan fingerprint density at radius 1 is 1.16 bits per heavy atom. The molecule has 1 aromatic rings. The summed E-state index contributed by atoms with van der Waals surface area (Å²) in [5.41, 5.74) is 0.397. The molecule has 0 radical (unpaired) electrons. The third-order valence-electron chi connectivity index (χ3n) is 3.98. The van der Waals surface area contributed by atoms with Crippen molar-refractivity contribution in [2.75, 3.05) is 18.0 Å². The summed E-state index contributed by atoms with van der Waals surface area (Å²) in [6.45, 7) is 3.73. The average Bonchev–Trinajstić information content (AvgIpc) is 3.16. The molecule has 2 atom stereocenters. The van der Waals surface area contributed by atoms with Gasteiger partial charge in [0.1, 0.15) is 0 Å². The van der Waals surface area contributed by atoms with Crippen molar-refractivity contribution in [2.45, 2.75) is 38.3 Å². The molecule has 2 aliphatic rings. The molecule has 1 aliphatic carbocycles. The Morgan fingerprint density at radius 2 is 1.95 bits per heavy atom. The van der Waals surface area contributed by atoms with Crippen LogP contribution in [0.5, 0.6) is 0 Å². The molecular formula is C15H20F2N2. The van der Waals surface area contributed by atoms with Crippen LogP contribution in [0.15, 0.2) is 18.2 Å². The summed E-state index contributed by atoms with van der Waals surface area (Å²) in [5, 5.41) is 3.60. The van der Waals surface area contributed by atoms with Crippen molar-refractivity contribution in [2.24, 2.45) is 5.92 Å². The van der Waals surface area contributed by atoms with Crippen LogP contribution < -0.4 is 10.2 Å². The molecule has 19 heavy (non-hydrogen) atoms. The molecule has 2 fully saturated rings. The second-order valence-electron chi connectivity index (χ2n) is 5.96. The summed E-state index contributed by atoms with van der Waals surface area (Å²) in [7, 11) is 0. The third-order valence-corrected chi connectivity index (χ3v) is 3.98. The molecule has 1 aromatic carbocycles. The van der Waals surface area contributed by atoms with Crippen molar-refractivity contribution >= 4 is 5.69 Å². The lowest BCUT2D eigenvalue weighted by Gasteiger charge is -2.38. The number of piperidine rings is 1. The van der Waals surface area contributed by atoms with Crippen LogP contribution in [0.1, 0.15) is 26.2 Å². The minimum absolute atomic E-state index is 0.388. The van der Waals surface area contributed by atoms with Gasteiger partial charge in [0.25, 0.3) is 0 Å². The number of hydrogen-bond donors (Lipinski definition) is 1. The van der Waals surface area contributed by atoms with Crippen molar-refractivity contribution in [3.05, 3.63) is 29.8 Å². The first-order valence-electron chi connectivity index (χ1n) is 7.08. The van der Waals surface area contributed by atoms with E-state index in [4.69, 9.17) is 0 Å². The highest BCUT2D eigenvalue weighted by molar-refractivity contribution is 5.48. The smallest absolute Gasteiger partial charge is 0.182 e. The SMILES string of the molecule is CC1CC(NC2CC2)CN(c2cccc(F)c2F)C1. The first-order valence-corrected chi connectivity index (χ1v) is 7.08. The van der Waals surface area contributed by atoms with E-state index in [1.54, 1.807) is 12.1 Å². The van der Waals surface area contributed by atoms with Crippen LogP contribution in [0.2, 0.25) is 0 Å². The lowest BCUT2D eigenvalue weighted by Crippen LogP contribution is -2.49. The molecule has 4 heteroatoms. The number of nitrogens with one attached hydrogen (secondary N) is 1. The second kappa shape index (κ2) is 5.08. The number of nitrogens with zero attached hydrogens (tertiary/aromatic N) is 1. The van der Waals surface area contributed by atoms with Gasteiger partial charge in [0.2, 0.25) is 0 Å². The van der Waals surface area contributed by atoms with Crippen molar-refractivity contribution in [3.8, 4) is 0 Å². The molecule has 3 rings (SSSR count). The van der Waals surface area contributed by atoms with Crippen LogP contribution in [-0.4, -0.2) is 25.2 Å². The lowest BCUT2D eigenvalue weighted by molar-refractivity contribution is 0.346. The van der Waals surface area contributed by atoms with E-state index in [-0.39, 0.29) is 0 Å². The highest BCUT2D eigenvalue weighted by Gasteiger charge is 2.31. The molecule has 104 valence electrons. The summed E-state index contributed by atoms with van der Waals surface area (Å²) >= 11 is 0. The van der Waals surface area contributed by atoms with Crippen LogP contribution in [0.3, 0.4) is 0 Å². The minimum atomic E-state index is -0.762. The summed E-state index contributed by atoms with van der Waals surface area (Å²) in [6.07, 6.45) is 3.61. The van der Waals surface area contributed by atoms with Gasteiger partial charge < -0.3 is 10.2 Å². The summed E-state index contributed by atoms with van der Waals surface area (Å²) in [5.74, 6) is -0.989. The number of rotatable bonds is 3. The van der Waals surface area contributed by atoms with Crippen LogP contribution in [0, 0.1) is 17.6 Å². The third kappa shape index (κ3) is 2.89. The maximum Gasteiger partial charge on any atom is 0.182 e. The van der Waals surface area contributed by atoms with Gasteiger partial charge >= 0.3 is 0 Å². The largest absolute Gasteiger partial charge is 0.367 e. The molecule has 2 unspecified atom stereocenters. The van der Waals surface area contributed by atoms with Crippen molar-refractivity contribution in [3.63, 3.8) is 0 Å². The van der Waals surface area contributed by atoms with Crippen molar-refractivity contribution < 1.29 is 8.78 Å². The van der Waals surface area contributed by atoms with Gasteiger partial charge in [-0.05, 0) is 37.3 Å². The number of halogens is 2. The molecule has 1 aliphatic heterocycles. The molecule has 0 amide bonds. The van der Waals surface area contributed by atoms with Crippen molar-refractivity contribution in [1.82, 2.24) is 5.32 Å². The van der Waals surface area contributed by atoms with E-state index in [1.165, 1.54) is 18.9 Å². The predicted octanol–water partition coefficient (Wildman–Crippen LogP) is 2.93. The van der Waals surface area contributed by atoms with Crippen LogP contribution >= 0.6 is 0 Å². The van der Waals surface area contributed by atoms with Gasteiger partial charge in [0.05, 0.1) is 5.69 Å². The highest BCUT2D eigenvalue weighted by Crippen LogP contribution is 2.28. The molecule has 2 nitrogen and oxygen atoms in total. The van der Waals surface area contributed by atoms with Gasteiger partial charge in [-0.3, -0.25) is 0 Å². The zero-order valence-electron chi connectivity index (χ0n) is 11.2. The van der Waals surface area contributed by atoms with Crippen LogP contribution in [0.4, 0.5) is 14.5 Å². The van der Waals surface area contributed by atoms with Gasteiger partial charge in [-0.25, -0.2) is 8.78 Å². The summed E-state index contributed by atoms with van der Waals surface area (Å²) < 4.78 is 27.2. The fourth-order valence-electron chi connectivity index (χ4n) is 2.99. The molecule has 0 bridgehead atoms. The maximum atomic E-state index is 13.9. The predicted molar refractivity (Wildman–Crippen MR) is 72.3 cm³/mol. The van der Waals surface area contributed by atoms with E-state index in [0.29, 0.717) is 23.7 Å². The second-order valence-corrected chi connectivity index (χ2v) is 5.96. The fraction of sp³-hybridized carbons (Fsp3) is 0.600. The average molecular weight is 266 g/mol. The fourth-order valence-corrected chi connectivity index (χ4v) is 2.99. The van der Waals surface area contributed by atoms with Gasteiger partial charge in [-0.1, -0.05) is 13.0 Å². The standard InChI is InChI=1S/C15H20F2N2/c1-10-7-12(18-11-5-6-11)9-19(8-10)14-4-2-3-13(16)15(14)17/h2-4,10-12,18H,5-9H2,1H3. The number of anilines is 1. The van der Waals surface area contributed by atoms with Crippen LogP contribution in [-0.2, 0) is 0 Å². The Kier molecular flexibility index (Phi) is 3.44. The highest BCUT2D eigenvalue weighted by atomic mass is 19.2. The van der Waals surface area contributed by atoms with E-state index in [1.807, 2.05) is 4.90 Å². The normalized spacial score (nSPS) is 27.6. The van der Waals surface area contributed by atoms with E-state index in [2.05, 4.69) is 12.2 Å². The Morgan fingerprint density at radius 3 is 2.68 bits per heavy atom. The van der Waals surface area contributed by atoms with Crippen molar-refractivity contribution in [1.29, 1.82) is 0 Å². The molecule has 1 saturated carbocycles. The number of hydrogen-bond acceptors (Lipinski definition) is 2.